The smallest absolute Gasteiger partial charge is 0.336 e. The summed E-state index contributed by atoms with van der Waals surface area (Å²) in [6, 6.07) is 29.0. The summed E-state index contributed by atoms with van der Waals surface area (Å²) in [5.41, 5.74) is 2.34. The highest BCUT2D eigenvalue weighted by Crippen LogP contribution is 2.32. The van der Waals surface area contributed by atoms with E-state index in [1.807, 2.05) is 67.6 Å². The largest absolute Gasteiger partial charge is 0.478 e. The minimum Gasteiger partial charge on any atom is -0.478 e. The van der Waals surface area contributed by atoms with E-state index < -0.39 is 11.9 Å². The van der Waals surface area contributed by atoms with E-state index in [1.54, 1.807) is 28.8 Å². The zero-order valence-electron chi connectivity index (χ0n) is 19.3. The number of thioether (sulfide) groups is 1. The van der Waals surface area contributed by atoms with Crippen LogP contribution in [0.5, 0.6) is 0 Å². The molecule has 1 amide bonds. The molecule has 1 aromatic heterocycles. The van der Waals surface area contributed by atoms with E-state index in [4.69, 9.17) is 0 Å². The Morgan fingerprint density at radius 1 is 0.750 bits per heavy atom. The highest BCUT2D eigenvalue weighted by atomic mass is 32.2. The van der Waals surface area contributed by atoms with E-state index in [0.717, 1.165) is 26.7 Å². The Morgan fingerprint density at radius 2 is 1.28 bits per heavy atom. The Hall–Kier alpha value is -4.36. The van der Waals surface area contributed by atoms with Crippen molar-refractivity contribution < 1.29 is 19.5 Å². The van der Waals surface area contributed by atoms with Gasteiger partial charge in [0.05, 0.1) is 27.4 Å². The zero-order valence-corrected chi connectivity index (χ0v) is 20.2. The van der Waals surface area contributed by atoms with Gasteiger partial charge in [-0.2, -0.15) is 0 Å². The molecule has 0 aliphatic carbocycles. The quantitative estimate of drug-likeness (QED) is 0.261. The molecule has 178 valence electrons. The molecule has 0 spiro atoms. The molecule has 0 fully saturated rings. The van der Waals surface area contributed by atoms with Crippen LogP contribution >= 0.6 is 11.8 Å². The van der Waals surface area contributed by atoms with Crippen LogP contribution in [0.1, 0.15) is 32.4 Å². The van der Waals surface area contributed by atoms with Gasteiger partial charge in [0.25, 0.3) is 5.91 Å². The van der Waals surface area contributed by atoms with Crippen LogP contribution in [0.25, 0.3) is 21.8 Å². The number of hydrogen-bond donors (Lipinski definition) is 2. The van der Waals surface area contributed by atoms with Crippen LogP contribution in [0.2, 0.25) is 0 Å². The number of nitrogens with zero attached hydrogens (tertiary/aromatic N) is 1. The highest BCUT2D eigenvalue weighted by Gasteiger charge is 2.22. The Labute approximate surface area is 211 Å². The Kier molecular flexibility index (Phi) is 6.31. The van der Waals surface area contributed by atoms with Crippen molar-refractivity contribution >= 4 is 57.0 Å². The average Bonchev–Trinajstić information content (AvgIpc) is 3.23. The first-order valence-electron chi connectivity index (χ1n) is 11.4. The minimum atomic E-state index is -1.16. The number of amides is 1. The van der Waals surface area contributed by atoms with Gasteiger partial charge in [0, 0.05) is 21.4 Å². The molecule has 0 bridgehead atoms. The SMILES string of the molecule is CC(Sc1ccc(NC(=O)c2ccccc2C(=O)O)cc1)C(=O)n1c2ccccc2c2ccccc21. The van der Waals surface area contributed by atoms with Gasteiger partial charge in [0.15, 0.2) is 0 Å². The molecule has 36 heavy (non-hydrogen) atoms. The number of carbonyl (C=O) groups excluding carboxylic acids is 2. The maximum Gasteiger partial charge on any atom is 0.336 e. The van der Waals surface area contributed by atoms with Crippen LogP contribution in [0.3, 0.4) is 0 Å². The molecule has 6 nitrogen and oxygen atoms in total. The molecule has 1 unspecified atom stereocenters. The summed E-state index contributed by atoms with van der Waals surface area (Å²) in [5.74, 6) is -1.67. The van der Waals surface area contributed by atoms with Gasteiger partial charge in [-0.05, 0) is 55.5 Å². The van der Waals surface area contributed by atoms with E-state index in [9.17, 15) is 19.5 Å². The molecule has 0 saturated heterocycles. The third-order valence-corrected chi connectivity index (χ3v) is 7.07. The summed E-state index contributed by atoms with van der Waals surface area (Å²) in [7, 11) is 0. The molecule has 5 aromatic rings. The van der Waals surface area contributed by atoms with E-state index >= 15 is 0 Å². The van der Waals surface area contributed by atoms with Gasteiger partial charge in [0.1, 0.15) is 0 Å². The lowest BCUT2D eigenvalue weighted by Crippen LogP contribution is -2.21. The summed E-state index contributed by atoms with van der Waals surface area (Å²) in [6.07, 6.45) is 0. The monoisotopic (exact) mass is 494 g/mol. The second kappa shape index (κ2) is 9.71. The van der Waals surface area contributed by atoms with Crippen molar-refractivity contribution in [1.29, 1.82) is 0 Å². The summed E-state index contributed by atoms with van der Waals surface area (Å²) in [6.45, 7) is 1.88. The first-order chi connectivity index (χ1) is 17.4. The van der Waals surface area contributed by atoms with Gasteiger partial charge in [-0.15, -0.1) is 11.8 Å². The summed E-state index contributed by atoms with van der Waals surface area (Å²) in [5, 5.41) is 13.8. The number of aromatic nitrogens is 1. The Bertz CT molecular complexity index is 1570. The first-order valence-corrected chi connectivity index (χ1v) is 12.2. The van der Waals surface area contributed by atoms with Crippen molar-refractivity contribution in [1.82, 2.24) is 4.57 Å². The molecule has 4 aromatic carbocycles. The number of carboxylic acids is 1. The van der Waals surface area contributed by atoms with Crippen LogP contribution in [-0.2, 0) is 0 Å². The van der Waals surface area contributed by atoms with Crippen LogP contribution in [-0.4, -0.2) is 32.7 Å². The molecule has 5 rings (SSSR count). The number of aromatic carboxylic acids is 1. The number of fused-ring (bicyclic) bond motifs is 3. The number of para-hydroxylation sites is 2. The molecule has 1 atom stereocenters. The van der Waals surface area contributed by atoms with Crippen molar-refractivity contribution in [2.45, 2.75) is 17.1 Å². The van der Waals surface area contributed by atoms with Gasteiger partial charge < -0.3 is 10.4 Å². The number of nitrogens with one attached hydrogen (secondary N) is 1. The zero-order chi connectivity index (χ0) is 25.2. The van der Waals surface area contributed by atoms with Crippen molar-refractivity contribution in [3.8, 4) is 0 Å². The lowest BCUT2D eigenvalue weighted by molar-refractivity contribution is 0.0692. The molecular weight excluding hydrogens is 472 g/mol. The molecule has 7 heteroatoms. The number of hydrogen-bond acceptors (Lipinski definition) is 4. The van der Waals surface area contributed by atoms with E-state index in [0.29, 0.717) is 5.69 Å². The van der Waals surface area contributed by atoms with Crippen LogP contribution < -0.4 is 5.32 Å². The van der Waals surface area contributed by atoms with Crippen molar-refractivity contribution in [2.75, 3.05) is 5.32 Å². The molecule has 0 aliphatic heterocycles. The maximum absolute atomic E-state index is 13.5. The molecule has 1 heterocycles. The molecule has 0 radical (unpaired) electrons. The lowest BCUT2D eigenvalue weighted by atomic mass is 10.1. The maximum atomic E-state index is 13.5. The fourth-order valence-electron chi connectivity index (χ4n) is 4.28. The van der Waals surface area contributed by atoms with Gasteiger partial charge in [0.2, 0.25) is 5.91 Å². The number of rotatable bonds is 6. The summed E-state index contributed by atoms with van der Waals surface area (Å²) < 4.78 is 1.79. The predicted molar refractivity (Wildman–Crippen MR) is 143 cm³/mol. The molecule has 0 aliphatic rings. The first kappa shape index (κ1) is 23.4. The fourth-order valence-corrected chi connectivity index (χ4v) is 5.19. The molecule has 0 saturated carbocycles. The predicted octanol–water partition coefficient (Wildman–Crippen LogP) is 6.57. The van der Waals surface area contributed by atoms with Gasteiger partial charge in [-0.25, -0.2) is 4.79 Å². The van der Waals surface area contributed by atoms with Crippen molar-refractivity contribution in [2.24, 2.45) is 0 Å². The molecular formula is C29H22N2O4S. The second-order valence-corrected chi connectivity index (χ2v) is 9.71. The topological polar surface area (TPSA) is 88.4 Å². The number of carboxylic acid groups (broad SMARTS) is 1. The van der Waals surface area contributed by atoms with E-state index in [1.165, 1.54) is 23.9 Å². The van der Waals surface area contributed by atoms with Crippen molar-refractivity contribution in [3.05, 3.63) is 108 Å². The second-order valence-electron chi connectivity index (χ2n) is 8.30. The van der Waals surface area contributed by atoms with Crippen LogP contribution in [0.15, 0.2) is 102 Å². The standard InChI is InChI=1S/C29H22N2O4S/c1-18(28(33)31-25-12-6-4-8-21(25)22-9-5-7-13-26(22)31)36-20-16-14-19(15-17-20)30-27(32)23-10-2-3-11-24(23)29(34)35/h2-18H,1H3,(H,30,32)(H,34,35). The normalized spacial score (nSPS) is 11.9. The minimum absolute atomic E-state index is 0.0138. The van der Waals surface area contributed by atoms with Gasteiger partial charge >= 0.3 is 5.97 Å². The number of benzene rings is 4. The van der Waals surface area contributed by atoms with Crippen molar-refractivity contribution in [3.63, 3.8) is 0 Å². The van der Waals surface area contributed by atoms with Crippen LogP contribution in [0.4, 0.5) is 5.69 Å². The fraction of sp³-hybridized carbons (Fsp3) is 0.0690. The molecule has 2 N–H and O–H groups in total. The number of anilines is 1. The third kappa shape index (κ3) is 4.36. The summed E-state index contributed by atoms with van der Waals surface area (Å²) >= 11 is 1.44. The van der Waals surface area contributed by atoms with Crippen LogP contribution in [0, 0.1) is 0 Å². The number of carbonyl (C=O) groups is 3. The van der Waals surface area contributed by atoms with E-state index in [-0.39, 0.29) is 22.3 Å². The van der Waals surface area contributed by atoms with E-state index in [2.05, 4.69) is 5.32 Å². The Morgan fingerprint density at radius 3 is 1.86 bits per heavy atom. The summed E-state index contributed by atoms with van der Waals surface area (Å²) in [4.78, 5) is 38.4. The average molecular weight is 495 g/mol. The Balaban J connectivity index is 1.33. The van der Waals surface area contributed by atoms with Gasteiger partial charge in [-0.1, -0.05) is 48.5 Å². The lowest BCUT2D eigenvalue weighted by Gasteiger charge is -2.14. The third-order valence-electron chi connectivity index (χ3n) is 5.98. The van der Waals surface area contributed by atoms with Gasteiger partial charge in [-0.3, -0.25) is 14.2 Å². The highest BCUT2D eigenvalue weighted by molar-refractivity contribution is 8.00.